The lowest BCUT2D eigenvalue weighted by atomic mass is 10.1. The molecule has 0 aliphatic heterocycles. The van der Waals surface area contributed by atoms with E-state index in [4.69, 9.17) is 4.42 Å². The normalized spacial score (nSPS) is 13.8. The van der Waals surface area contributed by atoms with Gasteiger partial charge >= 0.3 is 0 Å². The van der Waals surface area contributed by atoms with Crippen LogP contribution in [0.5, 0.6) is 0 Å². The van der Waals surface area contributed by atoms with Gasteiger partial charge in [0.2, 0.25) is 5.91 Å². The second kappa shape index (κ2) is 8.90. The molecule has 2 amide bonds. The van der Waals surface area contributed by atoms with Crippen LogP contribution in [0.3, 0.4) is 0 Å². The van der Waals surface area contributed by atoms with E-state index in [9.17, 15) is 9.59 Å². The zero-order valence-electron chi connectivity index (χ0n) is 15.2. The van der Waals surface area contributed by atoms with Gasteiger partial charge in [-0.1, -0.05) is 26.2 Å². The maximum Gasteiger partial charge on any atom is 0.257 e. The predicted octanol–water partition coefficient (Wildman–Crippen LogP) is 3.59. The van der Waals surface area contributed by atoms with Gasteiger partial charge in [-0.15, -0.1) is 0 Å². The number of nitrogens with zero attached hydrogens (tertiary/aromatic N) is 1. The minimum atomic E-state index is -0.0277. The molecule has 0 saturated heterocycles. The highest BCUT2D eigenvalue weighted by Crippen LogP contribution is 2.19. The van der Waals surface area contributed by atoms with E-state index in [1.165, 1.54) is 6.42 Å². The molecule has 134 valence electrons. The fraction of sp³-hybridized carbons (Fsp3) is 0.684. The number of furan rings is 1. The smallest absolute Gasteiger partial charge is 0.257 e. The van der Waals surface area contributed by atoms with Crippen LogP contribution >= 0.6 is 0 Å². The van der Waals surface area contributed by atoms with E-state index in [1.807, 2.05) is 13.8 Å². The molecule has 0 atom stereocenters. The highest BCUT2D eigenvalue weighted by atomic mass is 16.3. The third kappa shape index (κ3) is 5.69. The third-order valence-electron chi connectivity index (χ3n) is 4.39. The lowest BCUT2D eigenvalue weighted by Crippen LogP contribution is -2.36. The minimum absolute atomic E-state index is 0.0277. The molecule has 5 heteroatoms. The van der Waals surface area contributed by atoms with Crippen molar-refractivity contribution >= 4 is 11.8 Å². The number of rotatable bonds is 10. The summed E-state index contributed by atoms with van der Waals surface area (Å²) in [5.74, 6) is 1.41. The van der Waals surface area contributed by atoms with Crippen molar-refractivity contribution in [2.75, 3.05) is 13.1 Å². The number of nitrogens with one attached hydrogen (secondary N) is 1. The third-order valence-corrected chi connectivity index (χ3v) is 4.39. The topological polar surface area (TPSA) is 62.6 Å². The van der Waals surface area contributed by atoms with E-state index < -0.39 is 0 Å². The van der Waals surface area contributed by atoms with Crippen LogP contribution in [-0.2, 0) is 4.79 Å². The van der Waals surface area contributed by atoms with Crippen molar-refractivity contribution in [2.24, 2.45) is 0 Å². The molecule has 1 aromatic rings. The van der Waals surface area contributed by atoms with Gasteiger partial charge in [-0.3, -0.25) is 9.59 Å². The fourth-order valence-electron chi connectivity index (χ4n) is 2.82. The Morgan fingerprint density at radius 2 is 1.96 bits per heavy atom. The molecule has 1 heterocycles. The van der Waals surface area contributed by atoms with Crippen LogP contribution in [0, 0.1) is 13.8 Å². The lowest BCUT2D eigenvalue weighted by Gasteiger charge is -2.22. The molecule has 0 bridgehead atoms. The molecule has 2 rings (SSSR count). The Labute approximate surface area is 144 Å². The van der Waals surface area contributed by atoms with Gasteiger partial charge < -0.3 is 14.6 Å². The monoisotopic (exact) mass is 334 g/mol. The van der Waals surface area contributed by atoms with Crippen molar-refractivity contribution in [1.82, 2.24) is 10.2 Å². The second-order valence-electron chi connectivity index (χ2n) is 6.77. The second-order valence-corrected chi connectivity index (χ2v) is 6.77. The molecular formula is C19H30N2O3. The Kier molecular flexibility index (Phi) is 6.88. The molecule has 0 spiro atoms. The highest BCUT2D eigenvalue weighted by molar-refractivity contribution is 5.95. The average Bonchev–Trinajstić information content (AvgIpc) is 3.28. The summed E-state index contributed by atoms with van der Waals surface area (Å²) in [4.78, 5) is 26.6. The Bertz CT molecular complexity index is 561. The molecule has 1 aliphatic rings. The summed E-state index contributed by atoms with van der Waals surface area (Å²) in [5, 5.41) is 2.98. The number of amides is 2. The molecule has 24 heavy (non-hydrogen) atoms. The summed E-state index contributed by atoms with van der Waals surface area (Å²) < 4.78 is 5.49. The largest absolute Gasteiger partial charge is 0.466 e. The Balaban J connectivity index is 1.93. The molecule has 1 saturated carbocycles. The van der Waals surface area contributed by atoms with Crippen LogP contribution in [0.4, 0.5) is 0 Å². The van der Waals surface area contributed by atoms with E-state index in [0.717, 1.165) is 37.9 Å². The molecular weight excluding hydrogens is 304 g/mol. The van der Waals surface area contributed by atoms with Crippen molar-refractivity contribution in [3.63, 3.8) is 0 Å². The SMILES string of the molecule is CCCCCCN(CCC(=O)NC1CC1)C(=O)c1cc(C)oc1C. The van der Waals surface area contributed by atoms with E-state index >= 15 is 0 Å². The molecule has 5 nitrogen and oxygen atoms in total. The first-order valence-corrected chi connectivity index (χ1v) is 9.17. The van der Waals surface area contributed by atoms with Gasteiger partial charge in [-0.05, 0) is 39.2 Å². The molecule has 1 N–H and O–H groups in total. The first-order valence-electron chi connectivity index (χ1n) is 9.17. The van der Waals surface area contributed by atoms with Crippen molar-refractivity contribution in [1.29, 1.82) is 0 Å². The van der Waals surface area contributed by atoms with E-state index in [2.05, 4.69) is 12.2 Å². The molecule has 0 aromatic carbocycles. The van der Waals surface area contributed by atoms with Gasteiger partial charge in [0.1, 0.15) is 11.5 Å². The lowest BCUT2D eigenvalue weighted by molar-refractivity contribution is -0.121. The quantitative estimate of drug-likeness (QED) is 0.665. The number of carbonyl (C=O) groups is 2. The number of carbonyl (C=O) groups excluding carboxylic acids is 2. The summed E-state index contributed by atoms with van der Waals surface area (Å²) >= 11 is 0. The van der Waals surface area contributed by atoms with Crippen molar-refractivity contribution in [2.45, 2.75) is 71.8 Å². The highest BCUT2D eigenvalue weighted by Gasteiger charge is 2.24. The first kappa shape index (κ1) is 18.6. The number of hydrogen-bond acceptors (Lipinski definition) is 3. The van der Waals surface area contributed by atoms with Crippen LogP contribution < -0.4 is 5.32 Å². The maximum atomic E-state index is 12.8. The Morgan fingerprint density at radius 3 is 2.54 bits per heavy atom. The Hall–Kier alpha value is -1.78. The summed E-state index contributed by atoms with van der Waals surface area (Å²) in [6.07, 6.45) is 6.95. The Morgan fingerprint density at radius 1 is 1.21 bits per heavy atom. The minimum Gasteiger partial charge on any atom is -0.466 e. The summed E-state index contributed by atoms with van der Waals surface area (Å²) in [5.41, 5.74) is 0.616. The number of aryl methyl sites for hydroxylation is 2. The van der Waals surface area contributed by atoms with Gasteiger partial charge in [0.15, 0.2) is 0 Å². The predicted molar refractivity (Wildman–Crippen MR) is 94.0 cm³/mol. The van der Waals surface area contributed by atoms with E-state index in [0.29, 0.717) is 36.9 Å². The van der Waals surface area contributed by atoms with Gasteiger partial charge in [-0.25, -0.2) is 0 Å². The van der Waals surface area contributed by atoms with Crippen LogP contribution in [0.15, 0.2) is 10.5 Å². The van der Waals surface area contributed by atoms with Crippen LogP contribution in [-0.4, -0.2) is 35.8 Å². The molecule has 1 aliphatic carbocycles. The molecule has 1 aromatic heterocycles. The molecule has 0 radical (unpaired) electrons. The maximum absolute atomic E-state index is 12.8. The van der Waals surface area contributed by atoms with Gasteiger partial charge in [0.25, 0.3) is 5.91 Å². The zero-order chi connectivity index (χ0) is 17.5. The standard InChI is InChI=1S/C19H30N2O3/c1-4-5-6-7-11-21(12-10-18(22)20-16-8-9-16)19(23)17-13-14(2)24-15(17)3/h13,16H,4-12H2,1-3H3,(H,20,22). The van der Waals surface area contributed by atoms with Crippen LogP contribution in [0.2, 0.25) is 0 Å². The van der Waals surface area contributed by atoms with Gasteiger partial charge in [0.05, 0.1) is 5.56 Å². The number of unbranched alkanes of at least 4 members (excludes halogenated alkanes) is 3. The molecule has 0 unspecified atom stereocenters. The summed E-state index contributed by atoms with van der Waals surface area (Å²) in [7, 11) is 0. The first-order chi connectivity index (χ1) is 11.5. The van der Waals surface area contributed by atoms with Crippen LogP contribution in [0.1, 0.15) is 73.7 Å². The van der Waals surface area contributed by atoms with E-state index in [1.54, 1.807) is 11.0 Å². The zero-order valence-corrected chi connectivity index (χ0v) is 15.2. The summed E-state index contributed by atoms with van der Waals surface area (Å²) in [6.45, 7) is 6.99. The van der Waals surface area contributed by atoms with Crippen molar-refractivity contribution < 1.29 is 14.0 Å². The van der Waals surface area contributed by atoms with Crippen LogP contribution in [0.25, 0.3) is 0 Å². The van der Waals surface area contributed by atoms with Crippen molar-refractivity contribution in [3.8, 4) is 0 Å². The number of hydrogen-bond donors (Lipinski definition) is 1. The van der Waals surface area contributed by atoms with Gasteiger partial charge in [0, 0.05) is 25.6 Å². The van der Waals surface area contributed by atoms with Crippen molar-refractivity contribution in [3.05, 3.63) is 23.2 Å². The summed E-state index contributed by atoms with van der Waals surface area (Å²) in [6, 6.07) is 2.16. The van der Waals surface area contributed by atoms with Gasteiger partial charge in [-0.2, -0.15) is 0 Å². The fourth-order valence-corrected chi connectivity index (χ4v) is 2.82. The van der Waals surface area contributed by atoms with E-state index in [-0.39, 0.29) is 11.8 Å². The molecule has 1 fully saturated rings. The average molecular weight is 334 g/mol.